The molecule has 1 N–H and O–H groups in total. The first kappa shape index (κ1) is 20.6. The van der Waals surface area contributed by atoms with Gasteiger partial charge < -0.3 is 19.0 Å². The number of methoxy groups -OCH3 is 1. The Kier molecular flexibility index (Phi) is 5.70. The summed E-state index contributed by atoms with van der Waals surface area (Å²) in [6.45, 7) is 3.74. The smallest absolute Gasteiger partial charge is 0.264 e. The summed E-state index contributed by atoms with van der Waals surface area (Å²) < 4.78 is 26.7. The number of ether oxygens (including phenoxy) is 1. The summed E-state index contributed by atoms with van der Waals surface area (Å²) in [4.78, 5) is 12.5. The van der Waals surface area contributed by atoms with Crippen LogP contribution in [-0.4, -0.2) is 34.0 Å². The van der Waals surface area contributed by atoms with Crippen molar-refractivity contribution in [2.24, 2.45) is 0 Å². The number of para-hydroxylation sites is 1. The molecule has 0 radical (unpaired) electrons. The highest BCUT2D eigenvalue weighted by Crippen LogP contribution is 2.30. The number of amides is 1. The SMILES string of the molecule is COc1ccccc1C(=O)NCc1nnc(-c2cc3c(C)cccc3n2CC(C)F)o1. The minimum atomic E-state index is -1.04. The second-order valence-electron chi connectivity index (χ2n) is 7.31. The highest BCUT2D eigenvalue weighted by Gasteiger charge is 2.19. The first-order valence-corrected chi connectivity index (χ1v) is 9.95. The Morgan fingerprint density at radius 3 is 2.81 bits per heavy atom. The zero-order chi connectivity index (χ0) is 22.0. The minimum Gasteiger partial charge on any atom is -0.496 e. The van der Waals surface area contributed by atoms with E-state index in [1.165, 1.54) is 14.0 Å². The van der Waals surface area contributed by atoms with Crippen LogP contribution < -0.4 is 10.1 Å². The fourth-order valence-corrected chi connectivity index (χ4v) is 3.57. The van der Waals surface area contributed by atoms with Gasteiger partial charge in [-0.3, -0.25) is 4.79 Å². The van der Waals surface area contributed by atoms with Crippen LogP contribution in [0, 0.1) is 6.92 Å². The summed E-state index contributed by atoms with van der Waals surface area (Å²) in [5.41, 5.74) is 3.04. The molecule has 0 saturated heterocycles. The Morgan fingerprint density at radius 1 is 1.23 bits per heavy atom. The highest BCUT2D eigenvalue weighted by molar-refractivity contribution is 5.96. The van der Waals surface area contributed by atoms with E-state index in [0.717, 1.165) is 16.5 Å². The van der Waals surface area contributed by atoms with Crippen molar-refractivity contribution in [1.82, 2.24) is 20.1 Å². The van der Waals surface area contributed by atoms with Gasteiger partial charge in [-0.05, 0) is 43.7 Å². The molecule has 1 atom stereocenters. The van der Waals surface area contributed by atoms with Gasteiger partial charge in [0, 0.05) is 10.9 Å². The monoisotopic (exact) mass is 422 g/mol. The van der Waals surface area contributed by atoms with Gasteiger partial charge in [0.1, 0.15) is 17.6 Å². The molecule has 0 aliphatic rings. The molecule has 2 aromatic heterocycles. The maximum Gasteiger partial charge on any atom is 0.264 e. The molecular weight excluding hydrogens is 399 g/mol. The van der Waals surface area contributed by atoms with Gasteiger partial charge in [-0.2, -0.15) is 0 Å². The van der Waals surface area contributed by atoms with Gasteiger partial charge >= 0.3 is 0 Å². The van der Waals surface area contributed by atoms with Crippen LogP contribution in [0.15, 0.2) is 52.9 Å². The van der Waals surface area contributed by atoms with Crippen molar-refractivity contribution in [1.29, 1.82) is 0 Å². The molecule has 8 heteroatoms. The van der Waals surface area contributed by atoms with Crippen LogP contribution in [0.5, 0.6) is 5.75 Å². The van der Waals surface area contributed by atoms with Crippen molar-refractivity contribution in [2.75, 3.05) is 7.11 Å². The first-order chi connectivity index (χ1) is 15.0. The third kappa shape index (κ3) is 4.14. The maximum atomic E-state index is 13.9. The summed E-state index contributed by atoms with van der Waals surface area (Å²) >= 11 is 0. The number of nitrogens with one attached hydrogen (secondary N) is 1. The first-order valence-electron chi connectivity index (χ1n) is 9.95. The Morgan fingerprint density at radius 2 is 2.03 bits per heavy atom. The van der Waals surface area contributed by atoms with Gasteiger partial charge in [-0.15, -0.1) is 10.2 Å². The van der Waals surface area contributed by atoms with Gasteiger partial charge in [0.2, 0.25) is 5.89 Å². The standard InChI is InChI=1S/C23H23FN4O3/c1-14-7-6-9-18-17(14)11-19(28(18)13-15(2)24)23-27-26-21(31-23)12-25-22(29)16-8-4-5-10-20(16)30-3/h4-11,15H,12-13H2,1-3H3,(H,25,29). The van der Waals surface area contributed by atoms with Crippen LogP contribution in [0.3, 0.4) is 0 Å². The molecule has 7 nitrogen and oxygen atoms in total. The molecular formula is C23H23FN4O3. The van der Waals surface area contributed by atoms with E-state index >= 15 is 0 Å². The number of hydrogen-bond donors (Lipinski definition) is 1. The van der Waals surface area contributed by atoms with E-state index in [4.69, 9.17) is 9.15 Å². The van der Waals surface area contributed by atoms with Crippen molar-refractivity contribution in [3.8, 4) is 17.3 Å². The Hall–Kier alpha value is -3.68. The second-order valence-corrected chi connectivity index (χ2v) is 7.31. The summed E-state index contributed by atoms with van der Waals surface area (Å²) in [5, 5.41) is 11.9. The van der Waals surface area contributed by atoms with E-state index in [2.05, 4.69) is 15.5 Å². The molecule has 31 heavy (non-hydrogen) atoms. The maximum absolute atomic E-state index is 13.9. The van der Waals surface area contributed by atoms with Crippen molar-refractivity contribution >= 4 is 16.8 Å². The lowest BCUT2D eigenvalue weighted by Crippen LogP contribution is -2.23. The van der Waals surface area contributed by atoms with Gasteiger partial charge in [-0.1, -0.05) is 24.3 Å². The molecule has 0 bridgehead atoms. The van der Waals surface area contributed by atoms with Crippen molar-refractivity contribution < 1.29 is 18.3 Å². The quantitative estimate of drug-likeness (QED) is 0.480. The molecule has 0 aliphatic heterocycles. The topological polar surface area (TPSA) is 82.2 Å². The lowest BCUT2D eigenvalue weighted by molar-refractivity contribution is 0.0944. The third-order valence-corrected chi connectivity index (χ3v) is 5.04. The summed E-state index contributed by atoms with van der Waals surface area (Å²) in [6, 6.07) is 14.7. The van der Waals surface area contributed by atoms with E-state index < -0.39 is 6.17 Å². The molecule has 2 heterocycles. The number of halogens is 1. The number of fused-ring (bicyclic) bond motifs is 1. The Balaban J connectivity index is 1.58. The number of carbonyl (C=O) groups is 1. The number of aromatic nitrogens is 3. The summed E-state index contributed by atoms with van der Waals surface area (Å²) in [6.07, 6.45) is -1.04. The van der Waals surface area contributed by atoms with Crippen LogP contribution in [0.4, 0.5) is 4.39 Å². The minimum absolute atomic E-state index is 0.0582. The van der Waals surface area contributed by atoms with Crippen LogP contribution in [-0.2, 0) is 13.1 Å². The Bertz CT molecular complexity index is 1230. The number of hydrogen-bond acceptors (Lipinski definition) is 5. The number of alkyl halides is 1. The molecule has 4 rings (SSSR count). The molecule has 1 unspecified atom stereocenters. The van der Waals surface area contributed by atoms with Crippen molar-refractivity contribution in [2.45, 2.75) is 33.1 Å². The number of rotatable bonds is 7. The molecule has 0 spiro atoms. The van der Waals surface area contributed by atoms with Crippen LogP contribution in [0.25, 0.3) is 22.5 Å². The van der Waals surface area contributed by atoms with E-state index in [1.54, 1.807) is 24.3 Å². The van der Waals surface area contributed by atoms with Gasteiger partial charge in [-0.25, -0.2) is 4.39 Å². The predicted octanol–water partition coefficient (Wildman–Crippen LogP) is 4.30. The molecule has 1 amide bonds. The van der Waals surface area contributed by atoms with Crippen molar-refractivity contribution in [3.63, 3.8) is 0 Å². The van der Waals surface area contributed by atoms with E-state index in [0.29, 0.717) is 17.0 Å². The molecule has 0 fully saturated rings. The number of carbonyl (C=O) groups excluding carboxylic acids is 1. The van der Waals surface area contributed by atoms with Crippen molar-refractivity contribution in [3.05, 3.63) is 65.5 Å². The zero-order valence-corrected chi connectivity index (χ0v) is 17.6. The average Bonchev–Trinajstić information content (AvgIpc) is 3.37. The van der Waals surface area contributed by atoms with Gasteiger partial charge in [0.15, 0.2) is 0 Å². The third-order valence-electron chi connectivity index (χ3n) is 5.04. The summed E-state index contributed by atoms with van der Waals surface area (Å²) in [7, 11) is 1.51. The van der Waals surface area contributed by atoms with Crippen LogP contribution in [0.1, 0.15) is 28.7 Å². The molecule has 2 aromatic carbocycles. The predicted molar refractivity (Wildman–Crippen MR) is 115 cm³/mol. The number of aryl methyl sites for hydroxylation is 1. The lowest BCUT2D eigenvalue weighted by Gasteiger charge is -2.09. The fraction of sp³-hybridized carbons (Fsp3) is 0.261. The lowest BCUT2D eigenvalue weighted by atomic mass is 10.1. The molecule has 0 aliphatic carbocycles. The number of benzene rings is 2. The van der Waals surface area contributed by atoms with E-state index in [1.807, 2.05) is 35.8 Å². The normalized spacial score (nSPS) is 12.1. The zero-order valence-electron chi connectivity index (χ0n) is 17.6. The van der Waals surface area contributed by atoms with Gasteiger partial charge in [0.25, 0.3) is 11.8 Å². The van der Waals surface area contributed by atoms with E-state index in [-0.39, 0.29) is 30.8 Å². The Labute approximate surface area is 178 Å². The largest absolute Gasteiger partial charge is 0.496 e. The average molecular weight is 422 g/mol. The van der Waals surface area contributed by atoms with E-state index in [9.17, 15) is 9.18 Å². The van der Waals surface area contributed by atoms with Gasteiger partial charge in [0.05, 0.1) is 25.8 Å². The number of nitrogens with zero attached hydrogens (tertiary/aromatic N) is 3. The highest BCUT2D eigenvalue weighted by atomic mass is 19.1. The second kappa shape index (κ2) is 8.59. The molecule has 160 valence electrons. The summed E-state index contributed by atoms with van der Waals surface area (Å²) in [5.74, 6) is 0.692. The van der Waals surface area contributed by atoms with Crippen LogP contribution in [0.2, 0.25) is 0 Å². The van der Waals surface area contributed by atoms with Crippen LogP contribution >= 0.6 is 0 Å². The molecule has 4 aromatic rings. The fourth-order valence-electron chi connectivity index (χ4n) is 3.57. The molecule has 0 saturated carbocycles.